The fraction of sp³-hybridized carbons (Fsp3) is 0.500. The molecule has 0 aliphatic carbocycles. The van der Waals surface area contributed by atoms with Crippen molar-refractivity contribution in [2.24, 2.45) is 0 Å². The minimum atomic E-state index is -0.472. The van der Waals surface area contributed by atoms with Gasteiger partial charge in [-0.15, -0.1) is 0 Å². The van der Waals surface area contributed by atoms with Gasteiger partial charge in [-0.25, -0.2) is 4.79 Å². The van der Waals surface area contributed by atoms with Crippen molar-refractivity contribution in [1.82, 2.24) is 0 Å². The van der Waals surface area contributed by atoms with E-state index in [9.17, 15) is 4.79 Å². The van der Waals surface area contributed by atoms with Gasteiger partial charge in [-0.05, 0) is 13.8 Å². The van der Waals surface area contributed by atoms with Crippen LogP contribution < -0.4 is 0 Å². The molecule has 0 amide bonds. The Morgan fingerprint density at radius 3 is 2.50 bits per heavy atom. The number of carbonyl (C=O) groups is 1. The van der Waals surface area contributed by atoms with Gasteiger partial charge in [0.25, 0.3) is 0 Å². The standard InChI is InChI=1S/C6H10O3.Na.H/c1-3-9-6(8)5(2)4-7;;/h4,7H,3H2,1-2H3;;/b5-4+;;. The van der Waals surface area contributed by atoms with Crippen LogP contribution >= 0.6 is 0 Å². The third-order valence-electron chi connectivity index (χ3n) is 0.791. The summed E-state index contributed by atoms with van der Waals surface area (Å²) in [6.07, 6.45) is 0.734. The van der Waals surface area contributed by atoms with Crippen LogP contribution in [-0.4, -0.2) is 47.2 Å². The predicted molar refractivity (Wildman–Crippen MR) is 40.2 cm³/mol. The molecule has 0 rings (SSSR count). The van der Waals surface area contributed by atoms with Gasteiger partial charge in [0.1, 0.15) is 0 Å². The Balaban J connectivity index is 0. The molecule has 0 aliphatic rings. The second kappa shape index (κ2) is 7.12. The zero-order valence-electron chi connectivity index (χ0n) is 5.55. The van der Waals surface area contributed by atoms with Crippen LogP contribution in [0, 0.1) is 0 Å². The molecule has 0 atom stereocenters. The minimum absolute atomic E-state index is 0. The van der Waals surface area contributed by atoms with E-state index in [2.05, 4.69) is 4.74 Å². The molecule has 3 nitrogen and oxygen atoms in total. The molecule has 0 saturated carbocycles. The molecule has 10 heavy (non-hydrogen) atoms. The van der Waals surface area contributed by atoms with Gasteiger partial charge >= 0.3 is 35.5 Å². The maximum atomic E-state index is 10.5. The van der Waals surface area contributed by atoms with Crippen LogP contribution in [0.25, 0.3) is 0 Å². The molecule has 0 unspecified atom stereocenters. The van der Waals surface area contributed by atoms with Crippen LogP contribution in [0.1, 0.15) is 13.8 Å². The van der Waals surface area contributed by atoms with E-state index in [1.165, 1.54) is 6.92 Å². The first-order valence-corrected chi connectivity index (χ1v) is 2.70. The molecule has 54 valence electrons. The van der Waals surface area contributed by atoms with Crippen LogP contribution in [0.5, 0.6) is 0 Å². The summed E-state index contributed by atoms with van der Waals surface area (Å²) in [5, 5.41) is 8.27. The molecular formula is C6H11NaO3. The SMILES string of the molecule is CCOC(=O)/C(C)=C/O.[NaH]. The summed E-state index contributed by atoms with van der Waals surface area (Å²) >= 11 is 0. The normalized spacial score (nSPS) is 10.0. The van der Waals surface area contributed by atoms with Crippen molar-refractivity contribution in [3.05, 3.63) is 11.8 Å². The van der Waals surface area contributed by atoms with Crippen molar-refractivity contribution in [2.75, 3.05) is 6.61 Å². The summed E-state index contributed by atoms with van der Waals surface area (Å²) in [6, 6.07) is 0. The summed E-state index contributed by atoms with van der Waals surface area (Å²) < 4.78 is 4.53. The molecule has 4 heteroatoms. The van der Waals surface area contributed by atoms with Crippen LogP contribution in [-0.2, 0) is 9.53 Å². The third kappa shape index (κ3) is 4.85. The number of aliphatic hydroxyl groups excluding tert-OH is 1. The van der Waals surface area contributed by atoms with Crippen LogP contribution in [0.2, 0.25) is 0 Å². The molecule has 1 N–H and O–H groups in total. The topological polar surface area (TPSA) is 46.5 Å². The first kappa shape index (κ1) is 12.7. The van der Waals surface area contributed by atoms with Crippen molar-refractivity contribution in [3.8, 4) is 0 Å². The molecular weight excluding hydrogens is 143 g/mol. The second-order valence-electron chi connectivity index (χ2n) is 1.53. The Morgan fingerprint density at radius 1 is 1.70 bits per heavy atom. The Morgan fingerprint density at radius 2 is 2.20 bits per heavy atom. The Labute approximate surface area is 82.4 Å². The van der Waals surface area contributed by atoms with E-state index in [0.29, 0.717) is 6.61 Å². The number of hydrogen-bond acceptors (Lipinski definition) is 3. The summed E-state index contributed by atoms with van der Waals surface area (Å²) in [5.41, 5.74) is 0.219. The number of ether oxygens (including phenoxy) is 1. The fourth-order valence-corrected chi connectivity index (χ4v) is 0.298. The maximum absolute atomic E-state index is 10.5. The van der Waals surface area contributed by atoms with E-state index in [0.717, 1.165) is 6.26 Å². The summed E-state index contributed by atoms with van der Waals surface area (Å²) in [5.74, 6) is -0.472. The average Bonchev–Trinajstić information content (AvgIpc) is 1.87. The molecule has 0 spiro atoms. The van der Waals surface area contributed by atoms with Crippen LogP contribution in [0.15, 0.2) is 11.8 Å². The Hall–Kier alpha value is 0.0100. The van der Waals surface area contributed by atoms with E-state index in [1.54, 1.807) is 6.92 Å². The molecule has 0 heterocycles. The third-order valence-corrected chi connectivity index (χ3v) is 0.791. The molecule has 0 saturated heterocycles. The predicted octanol–water partition coefficient (Wildman–Crippen LogP) is 0.363. The molecule has 0 fully saturated rings. The van der Waals surface area contributed by atoms with Gasteiger partial charge < -0.3 is 9.84 Å². The average molecular weight is 154 g/mol. The molecule has 0 aromatic heterocycles. The number of rotatable bonds is 2. The van der Waals surface area contributed by atoms with Crippen molar-refractivity contribution < 1.29 is 14.6 Å². The number of aliphatic hydroxyl groups is 1. The summed E-state index contributed by atoms with van der Waals surface area (Å²) in [4.78, 5) is 10.5. The van der Waals surface area contributed by atoms with Gasteiger partial charge in [0, 0.05) is 0 Å². The van der Waals surface area contributed by atoms with E-state index in [-0.39, 0.29) is 35.1 Å². The molecule has 0 aromatic rings. The van der Waals surface area contributed by atoms with E-state index in [4.69, 9.17) is 5.11 Å². The van der Waals surface area contributed by atoms with Gasteiger partial charge in [0.2, 0.25) is 0 Å². The van der Waals surface area contributed by atoms with Crippen molar-refractivity contribution in [3.63, 3.8) is 0 Å². The van der Waals surface area contributed by atoms with Crippen molar-refractivity contribution >= 4 is 35.5 Å². The first-order valence-electron chi connectivity index (χ1n) is 2.70. The second-order valence-corrected chi connectivity index (χ2v) is 1.53. The van der Waals surface area contributed by atoms with Crippen molar-refractivity contribution in [1.29, 1.82) is 0 Å². The fourth-order valence-electron chi connectivity index (χ4n) is 0.298. The first-order chi connectivity index (χ1) is 4.22. The van der Waals surface area contributed by atoms with E-state index >= 15 is 0 Å². The summed E-state index contributed by atoms with van der Waals surface area (Å²) in [6.45, 7) is 3.53. The van der Waals surface area contributed by atoms with Crippen molar-refractivity contribution in [2.45, 2.75) is 13.8 Å². The Kier molecular flexibility index (Phi) is 9.02. The molecule has 0 aromatic carbocycles. The van der Waals surface area contributed by atoms with Gasteiger partial charge in [0.15, 0.2) is 0 Å². The zero-order chi connectivity index (χ0) is 7.28. The van der Waals surface area contributed by atoms with E-state index < -0.39 is 5.97 Å². The Bertz CT molecular complexity index is 131. The molecule has 0 radical (unpaired) electrons. The molecule has 0 bridgehead atoms. The summed E-state index contributed by atoms with van der Waals surface area (Å²) in [7, 11) is 0. The quantitative estimate of drug-likeness (QED) is 0.270. The van der Waals surface area contributed by atoms with Gasteiger partial charge in [-0.2, -0.15) is 0 Å². The zero-order valence-corrected chi connectivity index (χ0v) is 5.55. The monoisotopic (exact) mass is 154 g/mol. The van der Waals surface area contributed by atoms with Crippen LogP contribution in [0.3, 0.4) is 0 Å². The number of esters is 1. The number of hydrogen-bond donors (Lipinski definition) is 1. The number of carbonyl (C=O) groups excluding carboxylic acids is 1. The van der Waals surface area contributed by atoms with E-state index in [1.807, 2.05) is 0 Å². The van der Waals surface area contributed by atoms with Gasteiger partial charge in [0.05, 0.1) is 18.4 Å². The molecule has 0 aliphatic heterocycles. The van der Waals surface area contributed by atoms with Gasteiger partial charge in [-0.3, -0.25) is 0 Å². The van der Waals surface area contributed by atoms with Gasteiger partial charge in [-0.1, -0.05) is 0 Å². The van der Waals surface area contributed by atoms with Crippen LogP contribution in [0.4, 0.5) is 0 Å².